The van der Waals surface area contributed by atoms with Crippen LogP contribution in [0, 0.1) is 5.92 Å². The van der Waals surface area contributed by atoms with Crippen molar-refractivity contribution in [3.05, 3.63) is 0 Å². The van der Waals surface area contributed by atoms with E-state index in [1.807, 2.05) is 13.8 Å². The van der Waals surface area contributed by atoms with E-state index in [2.05, 4.69) is 0 Å². The molecule has 2 unspecified atom stereocenters. The summed E-state index contributed by atoms with van der Waals surface area (Å²) < 4.78 is 4.94. The standard InChI is InChI=1S/C15H28N2O3/c1-4-20-14(18)10-17(13-8-9-13)15(19)11(2)6-5-7-12(3)16/h11-13H,4-10,16H2,1-3H3. The Bertz CT molecular complexity index is 327. The van der Waals surface area contributed by atoms with Crippen LogP contribution in [0.1, 0.15) is 52.9 Å². The van der Waals surface area contributed by atoms with Crippen molar-refractivity contribution in [3.8, 4) is 0 Å². The van der Waals surface area contributed by atoms with Crippen LogP contribution in [0.15, 0.2) is 0 Å². The SMILES string of the molecule is CCOC(=O)CN(C(=O)C(C)CCCC(C)N)C1CC1. The van der Waals surface area contributed by atoms with Crippen molar-refractivity contribution in [3.63, 3.8) is 0 Å². The van der Waals surface area contributed by atoms with Gasteiger partial charge in [0.15, 0.2) is 0 Å². The molecule has 1 aliphatic rings. The minimum absolute atomic E-state index is 0.0521. The molecule has 0 heterocycles. The number of hydrogen-bond donors (Lipinski definition) is 1. The highest BCUT2D eigenvalue weighted by Gasteiger charge is 2.35. The van der Waals surface area contributed by atoms with Crippen molar-refractivity contribution in [2.75, 3.05) is 13.2 Å². The van der Waals surface area contributed by atoms with Crippen LogP contribution in [0.25, 0.3) is 0 Å². The average Bonchev–Trinajstić information content (AvgIpc) is 3.19. The Kier molecular flexibility index (Phi) is 6.99. The van der Waals surface area contributed by atoms with E-state index in [-0.39, 0.29) is 36.4 Å². The number of hydrogen-bond acceptors (Lipinski definition) is 4. The third-order valence-corrected chi connectivity index (χ3v) is 3.59. The molecule has 1 amide bonds. The Morgan fingerprint density at radius 1 is 1.30 bits per heavy atom. The van der Waals surface area contributed by atoms with Gasteiger partial charge < -0.3 is 15.4 Å². The Balaban J connectivity index is 2.44. The lowest BCUT2D eigenvalue weighted by molar-refractivity contribution is -0.150. The fourth-order valence-corrected chi connectivity index (χ4v) is 2.27. The van der Waals surface area contributed by atoms with Crippen molar-refractivity contribution in [2.24, 2.45) is 11.7 Å². The van der Waals surface area contributed by atoms with Crippen LogP contribution < -0.4 is 5.73 Å². The maximum Gasteiger partial charge on any atom is 0.325 e. The number of ether oxygens (including phenoxy) is 1. The largest absolute Gasteiger partial charge is 0.465 e. The molecule has 116 valence electrons. The van der Waals surface area contributed by atoms with Crippen LogP contribution >= 0.6 is 0 Å². The summed E-state index contributed by atoms with van der Waals surface area (Å²) in [6.07, 6.45) is 4.70. The van der Waals surface area contributed by atoms with E-state index < -0.39 is 0 Å². The number of rotatable bonds is 9. The van der Waals surface area contributed by atoms with Gasteiger partial charge in [0.2, 0.25) is 5.91 Å². The number of nitrogens with two attached hydrogens (primary N) is 1. The second-order valence-electron chi connectivity index (χ2n) is 5.81. The molecule has 0 aliphatic heterocycles. The maximum absolute atomic E-state index is 12.4. The third kappa shape index (κ3) is 5.90. The first-order valence-corrected chi connectivity index (χ1v) is 7.67. The molecular formula is C15H28N2O3. The Labute approximate surface area is 121 Å². The number of carbonyl (C=O) groups excluding carboxylic acids is 2. The summed E-state index contributed by atoms with van der Waals surface area (Å²) in [5.41, 5.74) is 5.72. The smallest absolute Gasteiger partial charge is 0.325 e. The molecule has 1 fully saturated rings. The zero-order valence-electron chi connectivity index (χ0n) is 12.9. The summed E-state index contributed by atoms with van der Waals surface area (Å²) >= 11 is 0. The van der Waals surface area contributed by atoms with Crippen LogP contribution in [0.4, 0.5) is 0 Å². The van der Waals surface area contributed by atoms with Gasteiger partial charge in [-0.05, 0) is 39.5 Å². The zero-order chi connectivity index (χ0) is 15.1. The average molecular weight is 284 g/mol. The van der Waals surface area contributed by atoms with Gasteiger partial charge in [-0.2, -0.15) is 0 Å². The lowest BCUT2D eigenvalue weighted by atomic mass is 10.0. The predicted molar refractivity (Wildman–Crippen MR) is 78.0 cm³/mol. The molecule has 1 saturated carbocycles. The Morgan fingerprint density at radius 2 is 1.95 bits per heavy atom. The van der Waals surface area contributed by atoms with Gasteiger partial charge in [-0.25, -0.2) is 0 Å². The van der Waals surface area contributed by atoms with Crippen molar-refractivity contribution in [1.82, 2.24) is 4.90 Å². The van der Waals surface area contributed by atoms with Gasteiger partial charge in [0.1, 0.15) is 6.54 Å². The van der Waals surface area contributed by atoms with Gasteiger partial charge in [0.05, 0.1) is 6.61 Å². The summed E-state index contributed by atoms with van der Waals surface area (Å²) in [6, 6.07) is 0.416. The molecule has 0 aromatic carbocycles. The minimum Gasteiger partial charge on any atom is -0.465 e. The second kappa shape index (κ2) is 8.25. The highest BCUT2D eigenvalue weighted by atomic mass is 16.5. The molecule has 0 aromatic rings. The molecule has 1 aliphatic carbocycles. The molecule has 2 N–H and O–H groups in total. The highest BCUT2D eigenvalue weighted by molar-refractivity contribution is 5.84. The van der Waals surface area contributed by atoms with Crippen molar-refractivity contribution in [2.45, 2.75) is 65.0 Å². The number of carbonyl (C=O) groups is 2. The third-order valence-electron chi connectivity index (χ3n) is 3.59. The topological polar surface area (TPSA) is 72.6 Å². The number of amides is 1. The normalized spacial score (nSPS) is 17.4. The van der Waals surface area contributed by atoms with E-state index in [9.17, 15) is 9.59 Å². The van der Waals surface area contributed by atoms with E-state index in [1.54, 1.807) is 11.8 Å². The van der Waals surface area contributed by atoms with Crippen molar-refractivity contribution < 1.29 is 14.3 Å². The highest BCUT2D eigenvalue weighted by Crippen LogP contribution is 2.28. The van der Waals surface area contributed by atoms with E-state index >= 15 is 0 Å². The molecule has 1 rings (SSSR count). The molecular weight excluding hydrogens is 256 g/mol. The van der Waals surface area contributed by atoms with Gasteiger partial charge >= 0.3 is 5.97 Å². The van der Waals surface area contributed by atoms with Gasteiger partial charge in [-0.1, -0.05) is 13.3 Å². The summed E-state index contributed by atoms with van der Waals surface area (Å²) in [6.45, 7) is 6.13. The van der Waals surface area contributed by atoms with Gasteiger partial charge in [0, 0.05) is 18.0 Å². The summed E-state index contributed by atoms with van der Waals surface area (Å²) in [5.74, 6) is -0.287. The fourth-order valence-electron chi connectivity index (χ4n) is 2.27. The van der Waals surface area contributed by atoms with E-state index in [1.165, 1.54) is 0 Å². The maximum atomic E-state index is 12.4. The van der Waals surface area contributed by atoms with Crippen LogP contribution in [-0.2, 0) is 14.3 Å². The monoisotopic (exact) mass is 284 g/mol. The fraction of sp³-hybridized carbons (Fsp3) is 0.867. The van der Waals surface area contributed by atoms with Crippen LogP contribution in [0.2, 0.25) is 0 Å². The predicted octanol–water partition coefficient (Wildman–Crippen LogP) is 1.69. The molecule has 0 aromatic heterocycles. The van der Waals surface area contributed by atoms with E-state index in [0.717, 1.165) is 32.1 Å². The summed E-state index contributed by atoms with van der Waals surface area (Å²) in [5, 5.41) is 0. The number of nitrogens with zero attached hydrogens (tertiary/aromatic N) is 1. The number of esters is 1. The van der Waals surface area contributed by atoms with Gasteiger partial charge in [-0.3, -0.25) is 9.59 Å². The van der Waals surface area contributed by atoms with Crippen molar-refractivity contribution in [1.29, 1.82) is 0 Å². The molecule has 0 saturated heterocycles. The Hall–Kier alpha value is -1.10. The van der Waals surface area contributed by atoms with Crippen LogP contribution in [0.3, 0.4) is 0 Å². The van der Waals surface area contributed by atoms with E-state index in [4.69, 9.17) is 10.5 Å². The summed E-state index contributed by atoms with van der Waals surface area (Å²) in [7, 11) is 0. The van der Waals surface area contributed by atoms with Crippen LogP contribution in [-0.4, -0.2) is 42.0 Å². The lowest BCUT2D eigenvalue weighted by Gasteiger charge is -2.25. The molecule has 0 spiro atoms. The summed E-state index contributed by atoms with van der Waals surface area (Å²) in [4.78, 5) is 25.7. The minimum atomic E-state index is -0.310. The van der Waals surface area contributed by atoms with E-state index in [0.29, 0.717) is 6.61 Å². The lowest BCUT2D eigenvalue weighted by Crippen LogP contribution is -2.41. The molecule has 2 atom stereocenters. The van der Waals surface area contributed by atoms with Crippen LogP contribution in [0.5, 0.6) is 0 Å². The van der Waals surface area contributed by atoms with Gasteiger partial charge in [0.25, 0.3) is 0 Å². The molecule has 5 heteroatoms. The first kappa shape index (κ1) is 17.0. The Morgan fingerprint density at radius 3 is 2.45 bits per heavy atom. The molecule has 0 radical (unpaired) electrons. The zero-order valence-corrected chi connectivity index (χ0v) is 12.9. The first-order valence-electron chi connectivity index (χ1n) is 7.67. The quantitative estimate of drug-likeness (QED) is 0.654. The molecule has 5 nitrogen and oxygen atoms in total. The first-order chi connectivity index (χ1) is 9.45. The second-order valence-corrected chi connectivity index (χ2v) is 5.81. The van der Waals surface area contributed by atoms with Crippen molar-refractivity contribution >= 4 is 11.9 Å². The molecule has 20 heavy (non-hydrogen) atoms. The van der Waals surface area contributed by atoms with Gasteiger partial charge in [-0.15, -0.1) is 0 Å². The molecule has 0 bridgehead atoms.